The number of sulfone groups is 1. The molecule has 8 heteroatoms. The molecule has 27 heavy (non-hydrogen) atoms. The molecule has 0 radical (unpaired) electrons. The van der Waals surface area contributed by atoms with Crippen molar-refractivity contribution in [1.29, 1.82) is 0 Å². The molecular weight excluding hydrogens is 369 g/mol. The van der Waals surface area contributed by atoms with Crippen molar-refractivity contribution in [2.24, 2.45) is 0 Å². The Morgan fingerprint density at radius 3 is 2.81 bits per heavy atom. The topological polar surface area (TPSA) is 79.4 Å². The van der Waals surface area contributed by atoms with Gasteiger partial charge in [0.2, 0.25) is 0 Å². The van der Waals surface area contributed by atoms with E-state index in [9.17, 15) is 17.6 Å². The van der Waals surface area contributed by atoms with Crippen LogP contribution in [-0.4, -0.2) is 55.3 Å². The number of pyridine rings is 1. The first-order chi connectivity index (χ1) is 12.9. The van der Waals surface area contributed by atoms with Crippen LogP contribution < -0.4 is 5.32 Å². The predicted molar refractivity (Wildman–Crippen MR) is 102 cm³/mol. The fraction of sp³-hybridized carbons (Fsp3) is 0.368. The van der Waals surface area contributed by atoms with Crippen LogP contribution in [0.5, 0.6) is 0 Å². The maximum absolute atomic E-state index is 13.6. The van der Waals surface area contributed by atoms with Gasteiger partial charge in [-0.25, -0.2) is 12.8 Å². The maximum Gasteiger partial charge on any atom is 0.255 e. The van der Waals surface area contributed by atoms with Crippen LogP contribution in [0.3, 0.4) is 0 Å². The van der Waals surface area contributed by atoms with Crippen LogP contribution in [0.4, 0.5) is 10.1 Å². The zero-order valence-corrected chi connectivity index (χ0v) is 15.9. The molecule has 0 spiro atoms. The lowest BCUT2D eigenvalue weighted by atomic mass is 10.1. The molecule has 3 rings (SSSR count). The monoisotopic (exact) mass is 391 g/mol. The molecule has 1 fully saturated rings. The molecule has 1 aromatic heterocycles. The molecule has 1 aliphatic rings. The SMILES string of the molecule is CN(C(=O)c1cncc(NCCc2ccccc2F)c1)C1CCS(=O)(=O)C1. The molecule has 1 aliphatic heterocycles. The molecule has 2 aromatic rings. The number of rotatable bonds is 6. The minimum atomic E-state index is -3.06. The Labute approximate surface area is 158 Å². The minimum absolute atomic E-state index is 0.00322. The van der Waals surface area contributed by atoms with E-state index in [1.807, 2.05) is 0 Å². The maximum atomic E-state index is 13.6. The molecule has 1 N–H and O–H groups in total. The second-order valence-electron chi connectivity index (χ2n) is 6.70. The normalized spacial score (nSPS) is 18.2. The van der Waals surface area contributed by atoms with Crippen LogP contribution in [0.1, 0.15) is 22.3 Å². The van der Waals surface area contributed by atoms with Crippen LogP contribution in [0.2, 0.25) is 0 Å². The lowest BCUT2D eigenvalue weighted by molar-refractivity contribution is 0.0747. The lowest BCUT2D eigenvalue weighted by Crippen LogP contribution is -2.37. The Hall–Kier alpha value is -2.48. The van der Waals surface area contributed by atoms with Crippen molar-refractivity contribution in [3.8, 4) is 0 Å². The number of halogens is 1. The summed E-state index contributed by atoms with van der Waals surface area (Å²) < 4.78 is 36.9. The number of nitrogens with one attached hydrogen (secondary N) is 1. The van der Waals surface area contributed by atoms with E-state index in [1.54, 1.807) is 37.5 Å². The van der Waals surface area contributed by atoms with Crippen LogP contribution in [0.25, 0.3) is 0 Å². The molecule has 0 saturated carbocycles. The summed E-state index contributed by atoms with van der Waals surface area (Å²) in [4.78, 5) is 18.2. The van der Waals surface area contributed by atoms with Gasteiger partial charge < -0.3 is 10.2 Å². The van der Waals surface area contributed by atoms with Gasteiger partial charge in [-0.1, -0.05) is 18.2 Å². The smallest absolute Gasteiger partial charge is 0.255 e. The highest BCUT2D eigenvalue weighted by atomic mass is 32.2. The fourth-order valence-corrected chi connectivity index (χ4v) is 4.92. The van der Waals surface area contributed by atoms with Gasteiger partial charge in [0.05, 0.1) is 22.8 Å². The van der Waals surface area contributed by atoms with E-state index in [2.05, 4.69) is 10.3 Å². The molecule has 1 amide bonds. The molecule has 2 heterocycles. The van der Waals surface area contributed by atoms with Crippen LogP contribution in [0, 0.1) is 5.82 Å². The largest absolute Gasteiger partial charge is 0.383 e. The number of hydrogen-bond acceptors (Lipinski definition) is 5. The molecule has 0 bridgehead atoms. The second kappa shape index (κ2) is 8.04. The van der Waals surface area contributed by atoms with Crippen molar-refractivity contribution in [2.75, 3.05) is 30.4 Å². The van der Waals surface area contributed by atoms with Gasteiger partial charge in [0.15, 0.2) is 9.84 Å². The van der Waals surface area contributed by atoms with Gasteiger partial charge in [-0.05, 0) is 30.5 Å². The quantitative estimate of drug-likeness (QED) is 0.816. The highest BCUT2D eigenvalue weighted by Crippen LogP contribution is 2.19. The number of carbonyl (C=O) groups is 1. The van der Waals surface area contributed by atoms with E-state index < -0.39 is 9.84 Å². The predicted octanol–water partition coefficient (Wildman–Crippen LogP) is 2.13. The summed E-state index contributed by atoms with van der Waals surface area (Å²) in [6.45, 7) is 0.497. The number of amides is 1. The number of anilines is 1. The van der Waals surface area contributed by atoms with Crippen molar-refractivity contribution < 1.29 is 17.6 Å². The van der Waals surface area contributed by atoms with Crippen LogP contribution >= 0.6 is 0 Å². The molecule has 1 atom stereocenters. The van der Waals surface area contributed by atoms with E-state index in [1.165, 1.54) is 17.2 Å². The van der Waals surface area contributed by atoms with Crippen molar-refractivity contribution in [1.82, 2.24) is 9.88 Å². The first kappa shape index (κ1) is 19.3. The highest BCUT2D eigenvalue weighted by Gasteiger charge is 2.33. The van der Waals surface area contributed by atoms with Crippen molar-refractivity contribution in [2.45, 2.75) is 18.9 Å². The van der Waals surface area contributed by atoms with Crippen LogP contribution in [-0.2, 0) is 16.3 Å². The second-order valence-corrected chi connectivity index (χ2v) is 8.93. The first-order valence-electron chi connectivity index (χ1n) is 8.75. The minimum Gasteiger partial charge on any atom is -0.383 e. The molecule has 144 valence electrons. The van der Waals surface area contributed by atoms with E-state index in [0.29, 0.717) is 36.2 Å². The Morgan fingerprint density at radius 2 is 2.11 bits per heavy atom. The van der Waals surface area contributed by atoms with Crippen molar-refractivity contribution in [3.63, 3.8) is 0 Å². The number of aromatic nitrogens is 1. The molecule has 1 saturated heterocycles. The van der Waals surface area contributed by atoms with Crippen LogP contribution in [0.15, 0.2) is 42.7 Å². The highest BCUT2D eigenvalue weighted by molar-refractivity contribution is 7.91. The van der Waals surface area contributed by atoms with Crippen molar-refractivity contribution in [3.05, 3.63) is 59.7 Å². The third-order valence-electron chi connectivity index (χ3n) is 4.74. The van der Waals surface area contributed by atoms with Gasteiger partial charge in [-0.2, -0.15) is 0 Å². The van der Waals surface area contributed by atoms with E-state index >= 15 is 0 Å². The third-order valence-corrected chi connectivity index (χ3v) is 6.49. The summed E-state index contributed by atoms with van der Waals surface area (Å²) in [6.07, 6.45) is 4.02. The zero-order valence-electron chi connectivity index (χ0n) is 15.1. The zero-order chi connectivity index (χ0) is 19.4. The van der Waals surface area contributed by atoms with Gasteiger partial charge >= 0.3 is 0 Å². The van der Waals surface area contributed by atoms with E-state index in [4.69, 9.17) is 0 Å². The standard InChI is InChI=1S/C19H22FN3O3S/c1-23(17-7-9-27(25,26)13-17)19(24)15-10-16(12-21-11-15)22-8-6-14-4-2-3-5-18(14)20/h2-5,10-12,17,22H,6-9,13H2,1H3. The Balaban J connectivity index is 1.61. The molecular formula is C19H22FN3O3S. The molecule has 0 aliphatic carbocycles. The van der Waals surface area contributed by atoms with Gasteiger partial charge in [-0.15, -0.1) is 0 Å². The summed E-state index contributed by atoms with van der Waals surface area (Å²) in [6, 6.07) is 7.97. The molecule has 1 unspecified atom stereocenters. The van der Waals surface area contributed by atoms with E-state index in [-0.39, 0.29) is 29.3 Å². The van der Waals surface area contributed by atoms with E-state index in [0.717, 1.165) is 0 Å². The summed E-state index contributed by atoms with van der Waals surface area (Å²) >= 11 is 0. The third kappa shape index (κ3) is 4.82. The number of benzene rings is 1. The van der Waals surface area contributed by atoms with Gasteiger partial charge in [-0.3, -0.25) is 9.78 Å². The molecule has 6 nitrogen and oxygen atoms in total. The number of nitrogens with zero attached hydrogens (tertiary/aromatic N) is 2. The van der Waals surface area contributed by atoms with Gasteiger partial charge in [0, 0.05) is 32.0 Å². The Kier molecular flexibility index (Phi) is 5.74. The molecule has 1 aromatic carbocycles. The summed E-state index contributed by atoms with van der Waals surface area (Å²) in [5.41, 5.74) is 1.66. The average Bonchev–Trinajstić information content (AvgIpc) is 3.02. The van der Waals surface area contributed by atoms with Gasteiger partial charge in [0.1, 0.15) is 5.82 Å². The number of hydrogen-bond donors (Lipinski definition) is 1. The Bertz CT molecular complexity index is 933. The van der Waals surface area contributed by atoms with Gasteiger partial charge in [0.25, 0.3) is 5.91 Å². The fourth-order valence-electron chi connectivity index (χ4n) is 3.15. The first-order valence-corrected chi connectivity index (χ1v) is 10.6. The summed E-state index contributed by atoms with van der Waals surface area (Å²) in [7, 11) is -1.44. The lowest BCUT2D eigenvalue weighted by Gasteiger charge is -2.23. The van der Waals surface area contributed by atoms with Crippen molar-refractivity contribution >= 4 is 21.4 Å². The summed E-state index contributed by atoms with van der Waals surface area (Å²) in [5, 5.41) is 3.14. The Morgan fingerprint density at radius 1 is 1.33 bits per heavy atom. The summed E-state index contributed by atoms with van der Waals surface area (Å²) in [5.74, 6) is -0.383. The average molecular weight is 391 g/mol. The number of carbonyl (C=O) groups excluding carboxylic acids is 1.